The summed E-state index contributed by atoms with van der Waals surface area (Å²) in [6.07, 6.45) is 4.94. The molecular weight excluding hydrogens is 238 g/mol. The van der Waals surface area contributed by atoms with Gasteiger partial charge in [0.25, 0.3) is 10.0 Å². The molecule has 1 fully saturated rings. The smallest absolute Gasteiger partial charge is 0.260 e. The molecule has 1 aromatic rings. The maximum absolute atomic E-state index is 12.1. The van der Waals surface area contributed by atoms with E-state index in [1.165, 1.54) is 0 Å². The standard InChI is InChI=1S/C11H19N3O2S/c1-4-14-7-10(12-8-14)17(15,16)13-11(5-6-11)9(2)3/h7-9,13H,4-6H2,1-3H3. The second kappa shape index (κ2) is 4.10. The highest BCUT2D eigenvalue weighted by Crippen LogP contribution is 2.43. The van der Waals surface area contributed by atoms with Gasteiger partial charge in [-0.15, -0.1) is 0 Å². The maximum Gasteiger partial charge on any atom is 0.260 e. The van der Waals surface area contributed by atoms with Crippen molar-refractivity contribution in [2.45, 2.75) is 50.7 Å². The van der Waals surface area contributed by atoms with Crippen molar-refractivity contribution in [2.24, 2.45) is 5.92 Å². The largest absolute Gasteiger partial charge is 0.336 e. The highest BCUT2D eigenvalue weighted by molar-refractivity contribution is 7.89. The van der Waals surface area contributed by atoms with Crippen LogP contribution in [0.5, 0.6) is 0 Å². The Hall–Kier alpha value is -0.880. The quantitative estimate of drug-likeness (QED) is 0.866. The fourth-order valence-electron chi connectivity index (χ4n) is 1.90. The molecule has 5 nitrogen and oxygen atoms in total. The zero-order valence-electron chi connectivity index (χ0n) is 10.5. The van der Waals surface area contributed by atoms with E-state index < -0.39 is 10.0 Å². The molecule has 0 spiro atoms. The van der Waals surface area contributed by atoms with Gasteiger partial charge in [-0.25, -0.2) is 18.1 Å². The van der Waals surface area contributed by atoms with Gasteiger partial charge in [0.1, 0.15) is 0 Å². The van der Waals surface area contributed by atoms with Gasteiger partial charge >= 0.3 is 0 Å². The first kappa shape index (κ1) is 12.6. The number of hydrogen-bond acceptors (Lipinski definition) is 3. The number of nitrogens with zero attached hydrogens (tertiary/aromatic N) is 2. The van der Waals surface area contributed by atoms with Crippen LogP contribution in [-0.2, 0) is 16.6 Å². The normalized spacial score (nSPS) is 18.6. The van der Waals surface area contributed by atoms with Crippen molar-refractivity contribution in [1.29, 1.82) is 0 Å². The Labute approximate surface area is 102 Å². The molecule has 1 heterocycles. The van der Waals surface area contributed by atoms with Crippen LogP contribution in [0.2, 0.25) is 0 Å². The average molecular weight is 257 g/mol. The lowest BCUT2D eigenvalue weighted by Gasteiger charge is -2.20. The summed E-state index contributed by atoms with van der Waals surface area (Å²) >= 11 is 0. The number of aryl methyl sites for hydroxylation is 1. The SMILES string of the molecule is CCn1cnc(S(=O)(=O)NC2(C(C)C)CC2)c1. The number of hydrogen-bond donors (Lipinski definition) is 1. The van der Waals surface area contributed by atoms with Crippen LogP contribution in [0.15, 0.2) is 17.6 Å². The van der Waals surface area contributed by atoms with E-state index in [0.29, 0.717) is 5.92 Å². The van der Waals surface area contributed by atoms with Crippen LogP contribution >= 0.6 is 0 Å². The van der Waals surface area contributed by atoms with E-state index in [1.54, 1.807) is 17.1 Å². The van der Waals surface area contributed by atoms with Gasteiger partial charge in [-0.2, -0.15) is 0 Å². The Bertz CT molecular complexity index is 501. The van der Waals surface area contributed by atoms with E-state index in [0.717, 1.165) is 19.4 Å². The van der Waals surface area contributed by atoms with Crippen molar-refractivity contribution in [3.63, 3.8) is 0 Å². The van der Waals surface area contributed by atoms with Gasteiger partial charge < -0.3 is 4.57 Å². The number of rotatable bonds is 5. The molecule has 0 bridgehead atoms. The molecule has 0 aromatic carbocycles. The topological polar surface area (TPSA) is 64.0 Å². The molecule has 6 heteroatoms. The summed E-state index contributed by atoms with van der Waals surface area (Å²) in [6, 6.07) is 0. The van der Waals surface area contributed by atoms with E-state index in [-0.39, 0.29) is 10.6 Å². The minimum absolute atomic E-state index is 0.117. The predicted molar refractivity (Wildman–Crippen MR) is 65.0 cm³/mol. The summed E-state index contributed by atoms with van der Waals surface area (Å²) in [5.74, 6) is 0.311. The fourth-order valence-corrected chi connectivity index (χ4v) is 3.44. The number of imidazole rings is 1. The van der Waals surface area contributed by atoms with E-state index in [4.69, 9.17) is 0 Å². The van der Waals surface area contributed by atoms with Gasteiger partial charge in [-0.3, -0.25) is 0 Å². The zero-order chi connectivity index (χ0) is 12.7. The van der Waals surface area contributed by atoms with Crippen molar-refractivity contribution in [3.05, 3.63) is 12.5 Å². The molecule has 0 radical (unpaired) electrons. The molecule has 0 amide bonds. The third-order valence-electron chi connectivity index (χ3n) is 3.48. The van der Waals surface area contributed by atoms with Gasteiger partial charge in [0.15, 0.2) is 5.03 Å². The summed E-state index contributed by atoms with van der Waals surface area (Å²) in [4.78, 5) is 3.94. The van der Waals surface area contributed by atoms with Crippen molar-refractivity contribution < 1.29 is 8.42 Å². The molecule has 0 saturated heterocycles. The highest BCUT2D eigenvalue weighted by atomic mass is 32.2. The molecule has 1 aliphatic carbocycles. The number of nitrogens with one attached hydrogen (secondary N) is 1. The van der Waals surface area contributed by atoms with Gasteiger partial charge in [0, 0.05) is 18.3 Å². The highest BCUT2D eigenvalue weighted by Gasteiger charge is 2.48. The van der Waals surface area contributed by atoms with Gasteiger partial charge in [-0.1, -0.05) is 13.8 Å². The molecule has 96 valence electrons. The second-order valence-corrected chi connectivity index (χ2v) is 6.59. The van der Waals surface area contributed by atoms with E-state index in [2.05, 4.69) is 9.71 Å². The first-order valence-corrected chi connectivity index (χ1v) is 7.44. The van der Waals surface area contributed by atoms with Gasteiger partial charge in [-0.05, 0) is 25.7 Å². The minimum atomic E-state index is -3.47. The lowest BCUT2D eigenvalue weighted by atomic mass is 10.0. The lowest BCUT2D eigenvalue weighted by molar-refractivity contribution is 0.431. The van der Waals surface area contributed by atoms with Gasteiger partial charge in [0.05, 0.1) is 6.33 Å². The van der Waals surface area contributed by atoms with E-state index >= 15 is 0 Å². The third-order valence-corrected chi connectivity index (χ3v) is 4.92. The van der Waals surface area contributed by atoms with Crippen molar-refractivity contribution in [3.8, 4) is 0 Å². The Morgan fingerprint density at radius 3 is 2.59 bits per heavy atom. The fraction of sp³-hybridized carbons (Fsp3) is 0.727. The van der Waals surface area contributed by atoms with Crippen LogP contribution in [0, 0.1) is 5.92 Å². The summed E-state index contributed by atoms with van der Waals surface area (Å²) in [5, 5.41) is 0.117. The molecule has 0 unspecified atom stereocenters. The first-order chi connectivity index (χ1) is 7.89. The van der Waals surface area contributed by atoms with Crippen LogP contribution in [0.4, 0.5) is 0 Å². The zero-order valence-corrected chi connectivity index (χ0v) is 11.3. The summed E-state index contributed by atoms with van der Waals surface area (Å²) < 4.78 is 28.8. The Kier molecular flexibility index (Phi) is 3.03. The van der Waals surface area contributed by atoms with Crippen molar-refractivity contribution >= 4 is 10.0 Å². The molecular formula is C11H19N3O2S. The monoisotopic (exact) mass is 257 g/mol. The molecule has 17 heavy (non-hydrogen) atoms. The summed E-state index contributed by atoms with van der Waals surface area (Å²) in [5.41, 5.74) is -0.241. The van der Waals surface area contributed by atoms with Crippen LogP contribution in [0.1, 0.15) is 33.6 Å². The molecule has 1 N–H and O–H groups in total. The first-order valence-electron chi connectivity index (χ1n) is 5.95. The third kappa shape index (κ3) is 2.37. The van der Waals surface area contributed by atoms with Crippen molar-refractivity contribution in [2.75, 3.05) is 0 Å². The van der Waals surface area contributed by atoms with Crippen LogP contribution in [0.25, 0.3) is 0 Å². The average Bonchev–Trinajstić information content (AvgIpc) is 2.86. The Balaban J connectivity index is 2.20. The molecule has 1 aliphatic rings. The number of aromatic nitrogens is 2. The number of sulfonamides is 1. The van der Waals surface area contributed by atoms with Crippen LogP contribution in [-0.4, -0.2) is 23.5 Å². The molecule has 0 atom stereocenters. The van der Waals surface area contributed by atoms with E-state index in [1.807, 2.05) is 20.8 Å². The molecule has 1 saturated carbocycles. The molecule has 1 aromatic heterocycles. The summed E-state index contributed by atoms with van der Waals surface area (Å²) in [6.45, 7) is 6.75. The lowest BCUT2D eigenvalue weighted by Crippen LogP contribution is -2.40. The maximum atomic E-state index is 12.1. The second-order valence-electron chi connectivity index (χ2n) is 4.96. The van der Waals surface area contributed by atoms with Gasteiger partial charge in [0.2, 0.25) is 0 Å². The van der Waals surface area contributed by atoms with Crippen LogP contribution in [0.3, 0.4) is 0 Å². The molecule has 2 rings (SSSR count). The Morgan fingerprint density at radius 2 is 2.18 bits per heavy atom. The molecule has 0 aliphatic heterocycles. The minimum Gasteiger partial charge on any atom is -0.336 e. The van der Waals surface area contributed by atoms with E-state index in [9.17, 15) is 8.42 Å². The summed E-state index contributed by atoms with van der Waals surface area (Å²) in [7, 11) is -3.47. The predicted octanol–water partition coefficient (Wildman–Crippen LogP) is 1.37. The van der Waals surface area contributed by atoms with Crippen molar-refractivity contribution in [1.82, 2.24) is 14.3 Å². The van der Waals surface area contributed by atoms with Crippen LogP contribution < -0.4 is 4.72 Å². The Morgan fingerprint density at radius 1 is 1.53 bits per heavy atom.